The van der Waals surface area contributed by atoms with Crippen molar-refractivity contribution in [3.05, 3.63) is 60.4 Å². The normalized spacial score (nSPS) is 12.1. The second-order valence-electron chi connectivity index (χ2n) is 6.37. The van der Waals surface area contributed by atoms with Gasteiger partial charge < -0.3 is 15.1 Å². The van der Waals surface area contributed by atoms with E-state index in [1.54, 1.807) is 12.4 Å². The lowest BCUT2D eigenvalue weighted by molar-refractivity contribution is -0.119. The Balaban J connectivity index is 1.49. The number of H-pyrrole nitrogens is 1. The Labute approximate surface area is 155 Å². The largest absolute Gasteiger partial charge is 0.423 e. The fraction of sp³-hybridized carbons (Fsp3) is 0.150. The predicted octanol–water partition coefficient (Wildman–Crippen LogP) is 4.16. The number of aromatic nitrogens is 3. The number of carbonyl (C=O) groups is 1. The van der Waals surface area contributed by atoms with Gasteiger partial charge in [0.25, 0.3) is 6.01 Å². The van der Waals surface area contributed by atoms with Gasteiger partial charge in [0.15, 0.2) is 5.76 Å². The van der Waals surface area contributed by atoms with E-state index in [0.29, 0.717) is 11.8 Å². The molecule has 4 aromatic rings. The highest BCUT2D eigenvalue weighted by molar-refractivity contribution is 5.82. The molecule has 0 spiro atoms. The molecule has 7 heteroatoms. The van der Waals surface area contributed by atoms with Gasteiger partial charge in [-0.1, -0.05) is 24.3 Å². The minimum Gasteiger partial charge on any atom is -0.423 e. The number of fused-ring (bicyclic) bond motifs is 1. The minimum atomic E-state index is -0.0499. The Hall–Kier alpha value is -3.61. The van der Waals surface area contributed by atoms with Crippen molar-refractivity contribution in [3.63, 3.8) is 0 Å². The first-order valence-corrected chi connectivity index (χ1v) is 8.62. The van der Waals surface area contributed by atoms with E-state index in [-0.39, 0.29) is 11.9 Å². The molecule has 0 bridgehead atoms. The monoisotopic (exact) mass is 361 g/mol. The van der Waals surface area contributed by atoms with Gasteiger partial charge in [-0.15, -0.1) is 0 Å². The molecule has 136 valence electrons. The molecule has 3 N–H and O–H groups in total. The highest BCUT2D eigenvalue weighted by atomic mass is 16.4. The van der Waals surface area contributed by atoms with Gasteiger partial charge in [-0.05, 0) is 30.7 Å². The number of hydrogen-bond donors (Lipinski definition) is 3. The summed E-state index contributed by atoms with van der Waals surface area (Å²) in [4.78, 5) is 15.5. The number of benzene rings is 2. The molecular formula is C20H19N5O2. The highest BCUT2D eigenvalue weighted by Gasteiger charge is 2.10. The fourth-order valence-corrected chi connectivity index (χ4v) is 2.93. The topological polar surface area (TPSA) is 95.8 Å². The molecule has 7 nitrogen and oxygen atoms in total. The molecular weight excluding hydrogens is 342 g/mol. The summed E-state index contributed by atoms with van der Waals surface area (Å²) >= 11 is 0. The van der Waals surface area contributed by atoms with E-state index in [2.05, 4.69) is 25.8 Å². The molecule has 0 aliphatic heterocycles. The summed E-state index contributed by atoms with van der Waals surface area (Å²) in [5, 5.41) is 14.0. The number of hydrogen-bond acceptors (Lipinski definition) is 5. The maximum Gasteiger partial charge on any atom is 0.299 e. The summed E-state index contributed by atoms with van der Waals surface area (Å²) < 4.78 is 5.82. The SMILES string of the molecule is CC(=O)N[C@H](C)c1ccc(-c2cnc(Nc3ccc4[nH]ncc4c3)o2)cc1. The molecule has 1 amide bonds. The lowest BCUT2D eigenvalue weighted by Crippen LogP contribution is -2.23. The van der Waals surface area contributed by atoms with E-state index in [9.17, 15) is 4.79 Å². The molecule has 0 fully saturated rings. The number of carbonyl (C=O) groups excluding carboxylic acids is 1. The third-order valence-corrected chi connectivity index (χ3v) is 4.31. The van der Waals surface area contributed by atoms with Crippen LogP contribution in [-0.4, -0.2) is 21.1 Å². The number of amides is 1. The second kappa shape index (κ2) is 6.95. The standard InChI is InChI=1S/C20H19N5O2/c1-12(23-13(2)26)14-3-5-15(6-4-14)19-11-21-20(27-19)24-17-7-8-18-16(9-17)10-22-25-18/h3-12H,1-2H3,(H,21,24)(H,22,25)(H,23,26)/t12-/m1/s1. The average Bonchev–Trinajstić information content (AvgIpc) is 3.30. The van der Waals surface area contributed by atoms with E-state index in [1.165, 1.54) is 6.92 Å². The minimum absolute atomic E-state index is 0.0404. The van der Waals surface area contributed by atoms with Gasteiger partial charge in [0, 0.05) is 23.6 Å². The molecule has 0 radical (unpaired) electrons. The Morgan fingerprint density at radius 3 is 2.74 bits per heavy atom. The first-order chi connectivity index (χ1) is 13.1. The van der Waals surface area contributed by atoms with Crippen molar-refractivity contribution < 1.29 is 9.21 Å². The molecule has 2 aromatic carbocycles. The van der Waals surface area contributed by atoms with Crippen LogP contribution in [0.4, 0.5) is 11.7 Å². The summed E-state index contributed by atoms with van der Waals surface area (Å²) in [6, 6.07) is 14.1. The molecule has 4 rings (SSSR count). The summed E-state index contributed by atoms with van der Waals surface area (Å²) in [7, 11) is 0. The Morgan fingerprint density at radius 1 is 1.15 bits per heavy atom. The van der Waals surface area contributed by atoms with Gasteiger partial charge in [0.05, 0.1) is 24.0 Å². The van der Waals surface area contributed by atoms with Crippen LogP contribution in [0, 0.1) is 0 Å². The van der Waals surface area contributed by atoms with Gasteiger partial charge in [-0.2, -0.15) is 5.10 Å². The molecule has 2 aromatic heterocycles. The molecule has 0 unspecified atom stereocenters. The number of anilines is 2. The maximum absolute atomic E-state index is 11.2. The fourth-order valence-electron chi connectivity index (χ4n) is 2.93. The Bertz CT molecular complexity index is 1080. The van der Waals surface area contributed by atoms with Crippen LogP contribution in [0.25, 0.3) is 22.2 Å². The van der Waals surface area contributed by atoms with Gasteiger partial charge in [-0.3, -0.25) is 9.89 Å². The molecule has 0 saturated carbocycles. The number of nitrogens with zero attached hydrogens (tertiary/aromatic N) is 2. The van der Waals surface area contributed by atoms with Gasteiger partial charge in [0.2, 0.25) is 5.91 Å². The van der Waals surface area contributed by atoms with Crippen molar-refractivity contribution in [2.75, 3.05) is 5.32 Å². The molecule has 27 heavy (non-hydrogen) atoms. The summed E-state index contributed by atoms with van der Waals surface area (Å²) in [5.74, 6) is 0.617. The lowest BCUT2D eigenvalue weighted by Gasteiger charge is -2.12. The number of aromatic amines is 1. The quantitative estimate of drug-likeness (QED) is 0.496. The van der Waals surface area contributed by atoms with Gasteiger partial charge in [0.1, 0.15) is 0 Å². The van der Waals surface area contributed by atoms with Crippen molar-refractivity contribution in [3.8, 4) is 11.3 Å². The number of oxazole rings is 1. The number of rotatable bonds is 5. The molecule has 0 saturated heterocycles. The molecule has 0 aliphatic rings. The van der Waals surface area contributed by atoms with E-state index in [4.69, 9.17) is 4.42 Å². The predicted molar refractivity (Wildman–Crippen MR) is 104 cm³/mol. The highest BCUT2D eigenvalue weighted by Crippen LogP contribution is 2.26. The Morgan fingerprint density at radius 2 is 1.96 bits per heavy atom. The van der Waals surface area contributed by atoms with E-state index < -0.39 is 0 Å². The maximum atomic E-state index is 11.2. The van der Waals surface area contributed by atoms with Crippen LogP contribution >= 0.6 is 0 Å². The van der Waals surface area contributed by atoms with Crippen molar-refractivity contribution in [2.45, 2.75) is 19.9 Å². The van der Waals surface area contributed by atoms with Crippen LogP contribution < -0.4 is 10.6 Å². The van der Waals surface area contributed by atoms with Crippen molar-refractivity contribution >= 4 is 28.5 Å². The van der Waals surface area contributed by atoms with Crippen LogP contribution in [-0.2, 0) is 4.79 Å². The smallest absolute Gasteiger partial charge is 0.299 e. The lowest BCUT2D eigenvalue weighted by atomic mass is 10.1. The molecule has 2 heterocycles. The Kier molecular flexibility index (Phi) is 4.33. The second-order valence-corrected chi connectivity index (χ2v) is 6.37. The van der Waals surface area contributed by atoms with Crippen molar-refractivity contribution in [1.29, 1.82) is 0 Å². The third-order valence-electron chi connectivity index (χ3n) is 4.31. The van der Waals surface area contributed by atoms with Crippen LogP contribution in [0.5, 0.6) is 0 Å². The summed E-state index contributed by atoms with van der Waals surface area (Å²) in [5.41, 5.74) is 3.79. The van der Waals surface area contributed by atoms with Crippen molar-refractivity contribution in [1.82, 2.24) is 20.5 Å². The summed E-state index contributed by atoms with van der Waals surface area (Å²) in [6.45, 7) is 3.46. The van der Waals surface area contributed by atoms with Crippen LogP contribution in [0.1, 0.15) is 25.5 Å². The van der Waals surface area contributed by atoms with Crippen LogP contribution in [0.3, 0.4) is 0 Å². The zero-order valence-corrected chi connectivity index (χ0v) is 15.0. The van der Waals surface area contributed by atoms with E-state index in [0.717, 1.165) is 27.7 Å². The third kappa shape index (κ3) is 3.67. The number of nitrogens with one attached hydrogen (secondary N) is 3. The van der Waals surface area contributed by atoms with E-state index in [1.807, 2.05) is 49.4 Å². The molecule has 1 atom stereocenters. The van der Waals surface area contributed by atoms with Crippen LogP contribution in [0.15, 0.2) is 59.3 Å². The zero-order valence-electron chi connectivity index (χ0n) is 15.0. The van der Waals surface area contributed by atoms with Crippen LogP contribution in [0.2, 0.25) is 0 Å². The molecule has 0 aliphatic carbocycles. The summed E-state index contributed by atoms with van der Waals surface area (Å²) in [6.07, 6.45) is 3.45. The first kappa shape index (κ1) is 16.8. The van der Waals surface area contributed by atoms with Gasteiger partial charge >= 0.3 is 0 Å². The zero-order chi connectivity index (χ0) is 18.8. The first-order valence-electron chi connectivity index (χ1n) is 8.62. The van der Waals surface area contributed by atoms with Gasteiger partial charge in [-0.25, -0.2) is 4.98 Å². The van der Waals surface area contributed by atoms with Crippen molar-refractivity contribution in [2.24, 2.45) is 0 Å². The van der Waals surface area contributed by atoms with E-state index >= 15 is 0 Å². The average molecular weight is 361 g/mol.